The lowest BCUT2D eigenvalue weighted by Crippen LogP contribution is -2.36. The molecule has 162 valence electrons. The van der Waals surface area contributed by atoms with Crippen LogP contribution in [0.5, 0.6) is 0 Å². The second-order valence-corrected chi connectivity index (χ2v) is 8.40. The molecule has 6 nitrogen and oxygen atoms in total. The number of benzene rings is 1. The Balaban J connectivity index is 1.49. The van der Waals surface area contributed by atoms with E-state index in [9.17, 15) is 4.79 Å². The molecule has 0 saturated carbocycles. The van der Waals surface area contributed by atoms with Gasteiger partial charge in [0.2, 0.25) is 5.91 Å². The van der Waals surface area contributed by atoms with Crippen LogP contribution in [-0.2, 0) is 4.79 Å². The van der Waals surface area contributed by atoms with E-state index < -0.39 is 0 Å². The molecule has 1 N–H and O–H groups in total. The minimum atomic E-state index is -0.0960. The van der Waals surface area contributed by atoms with Crippen molar-refractivity contribution in [1.82, 2.24) is 19.9 Å². The Morgan fingerprint density at radius 3 is 2.72 bits per heavy atom. The second-order valence-electron chi connectivity index (χ2n) is 8.40. The third-order valence-corrected chi connectivity index (χ3v) is 6.20. The van der Waals surface area contributed by atoms with Gasteiger partial charge in [-0.15, -0.1) is 0 Å². The van der Waals surface area contributed by atoms with Gasteiger partial charge in [-0.2, -0.15) is 0 Å². The van der Waals surface area contributed by atoms with Gasteiger partial charge < -0.3 is 10.2 Å². The SMILES string of the molecule is O=C([C@H]1CC=CCC1)N1CCC[C@@H]1c1nc(Nc2ccccc2)cc(-c2cccnc2)n1. The second kappa shape index (κ2) is 9.30. The topological polar surface area (TPSA) is 71.0 Å². The lowest BCUT2D eigenvalue weighted by Gasteiger charge is -2.29. The smallest absolute Gasteiger partial charge is 0.226 e. The fraction of sp³-hybridized carbons (Fsp3) is 0.308. The molecular weight excluding hydrogens is 398 g/mol. The van der Waals surface area contributed by atoms with Crippen LogP contribution in [0.3, 0.4) is 0 Å². The number of anilines is 2. The van der Waals surface area contributed by atoms with Crippen LogP contribution in [0.15, 0.2) is 73.1 Å². The summed E-state index contributed by atoms with van der Waals surface area (Å²) in [5, 5.41) is 3.40. The van der Waals surface area contributed by atoms with E-state index >= 15 is 0 Å². The van der Waals surface area contributed by atoms with Crippen molar-refractivity contribution < 1.29 is 4.79 Å². The standard InChI is InChI=1S/C26H27N5O/c32-26(19-9-3-1-4-10-19)31-16-8-14-23(31)25-29-22(20-11-7-15-27-18-20)17-24(30-25)28-21-12-5-2-6-13-21/h1-3,5-7,11-13,15,17-19,23H,4,8-10,14,16H2,(H,28,29,30)/t19-,23+/m0/s1. The molecule has 2 atom stereocenters. The number of nitrogens with one attached hydrogen (secondary N) is 1. The number of nitrogens with zero attached hydrogens (tertiary/aromatic N) is 4. The van der Waals surface area contributed by atoms with E-state index in [0.29, 0.717) is 5.82 Å². The number of pyridine rings is 1. The number of likely N-dealkylation sites (tertiary alicyclic amines) is 1. The highest BCUT2D eigenvalue weighted by molar-refractivity contribution is 5.80. The van der Waals surface area contributed by atoms with Crippen LogP contribution in [0.25, 0.3) is 11.3 Å². The zero-order valence-electron chi connectivity index (χ0n) is 18.0. The van der Waals surface area contributed by atoms with Crippen LogP contribution >= 0.6 is 0 Å². The predicted molar refractivity (Wildman–Crippen MR) is 125 cm³/mol. The van der Waals surface area contributed by atoms with E-state index in [1.807, 2.05) is 59.6 Å². The zero-order chi connectivity index (χ0) is 21.8. The summed E-state index contributed by atoms with van der Waals surface area (Å²) in [6, 6.07) is 15.7. The number of rotatable bonds is 5. The van der Waals surface area contributed by atoms with Crippen LogP contribution in [0.4, 0.5) is 11.5 Å². The van der Waals surface area contributed by atoms with Crippen molar-refractivity contribution in [2.24, 2.45) is 5.92 Å². The van der Waals surface area contributed by atoms with Crippen molar-refractivity contribution in [3.05, 3.63) is 78.9 Å². The Kier molecular flexibility index (Phi) is 5.92. The number of carbonyl (C=O) groups excluding carboxylic acids is 1. The Morgan fingerprint density at radius 1 is 1.03 bits per heavy atom. The number of allylic oxidation sites excluding steroid dienone is 2. The molecule has 0 spiro atoms. The average Bonchev–Trinajstić information content (AvgIpc) is 3.35. The Morgan fingerprint density at radius 2 is 1.94 bits per heavy atom. The maximum atomic E-state index is 13.3. The van der Waals surface area contributed by atoms with Crippen molar-refractivity contribution in [2.45, 2.75) is 38.1 Å². The molecule has 1 aromatic carbocycles. The molecule has 3 aromatic rings. The Labute approximate surface area is 188 Å². The van der Waals surface area contributed by atoms with Crippen LogP contribution in [-0.4, -0.2) is 32.3 Å². The molecule has 3 heterocycles. The number of para-hydroxylation sites is 1. The predicted octanol–water partition coefficient (Wildman–Crippen LogP) is 5.30. The van der Waals surface area contributed by atoms with E-state index in [2.05, 4.69) is 22.5 Å². The number of hydrogen-bond donors (Lipinski definition) is 1. The minimum Gasteiger partial charge on any atom is -0.340 e. The Hall–Kier alpha value is -3.54. The molecule has 6 heteroatoms. The summed E-state index contributed by atoms with van der Waals surface area (Å²) in [6.45, 7) is 0.769. The summed E-state index contributed by atoms with van der Waals surface area (Å²) in [5.74, 6) is 1.73. The molecule has 0 unspecified atom stereocenters. The van der Waals surface area contributed by atoms with Crippen LogP contribution < -0.4 is 5.32 Å². The lowest BCUT2D eigenvalue weighted by atomic mass is 9.93. The fourth-order valence-electron chi connectivity index (χ4n) is 4.56. The first-order valence-electron chi connectivity index (χ1n) is 11.3. The third kappa shape index (κ3) is 4.40. The summed E-state index contributed by atoms with van der Waals surface area (Å²) in [6.07, 6.45) is 12.5. The van der Waals surface area contributed by atoms with Crippen molar-refractivity contribution in [3.8, 4) is 11.3 Å². The van der Waals surface area contributed by atoms with Gasteiger partial charge >= 0.3 is 0 Å². The molecule has 32 heavy (non-hydrogen) atoms. The quantitative estimate of drug-likeness (QED) is 0.562. The summed E-state index contributed by atoms with van der Waals surface area (Å²) in [7, 11) is 0. The first-order chi connectivity index (χ1) is 15.8. The fourth-order valence-corrected chi connectivity index (χ4v) is 4.56. The van der Waals surface area contributed by atoms with E-state index in [0.717, 1.165) is 61.4 Å². The van der Waals surface area contributed by atoms with Gasteiger partial charge in [0.25, 0.3) is 0 Å². The maximum absolute atomic E-state index is 13.3. The number of hydrogen-bond acceptors (Lipinski definition) is 5. The zero-order valence-corrected chi connectivity index (χ0v) is 18.0. The maximum Gasteiger partial charge on any atom is 0.226 e. The van der Waals surface area contributed by atoms with Gasteiger partial charge in [-0.25, -0.2) is 9.97 Å². The first-order valence-corrected chi connectivity index (χ1v) is 11.3. The molecule has 1 amide bonds. The average molecular weight is 426 g/mol. The number of aromatic nitrogens is 3. The normalized spacial score (nSPS) is 20.3. The molecule has 2 aliphatic rings. The van der Waals surface area contributed by atoms with Gasteiger partial charge in [0.1, 0.15) is 5.82 Å². The van der Waals surface area contributed by atoms with Crippen LogP contribution in [0.2, 0.25) is 0 Å². The Bertz CT molecular complexity index is 1100. The molecule has 1 saturated heterocycles. The molecule has 1 aliphatic carbocycles. The van der Waals surface area contributed by atoms with Gasteiger partial charge in [0, 0.05) is 42.2 Å². The van der Waals surface area contributed by atoms with Gasteiger partial charge in [-0.05, 0) is 56.4 Å². The van der Waals surface area contributed by atoms with Crippen LogP contribution in [0.1, 0.15) is 44.0 Å². The van der Waals surface area contributed by atoms with Gasteiger partial charge in [-0.1, -0.05) is 30.4 Å². The monoisotopic (exact) mass is 425 g/mol. The minimum absolute atomic E-state index is 0.0732. The molecule has 1 fully saturated rings. The van der Waals surface area contributed by atoms with Crippen molar-refractivity contribution >= 4 is 17.4 Å². The highest BCUT2D eigenvalue weighted by atomic mass is 16.2. The van der Waals surface area contributed by atoms with Gasteiger partial charge in [0.05, 0.1) is 11.7 Å². The van der Waals surface area contributed by atoms with E-state index in [1.165, 1.54) is 0 Å². The summed E-state index contributed by atoms with van der Waals surface area (Å²) < 4.78 is 0. The van der Waals surface area contributed by atoms with E-state index in [1.54, 1.807) is 6.20 Å². The molecule has 0 radical (unpaired) electrons. The molecular formula is C26H27N5O. The van der Waals surface area contributed by atoms with E-state index in [4.69, 9.17) is 9.97 Å². The van der Waals surface area contributed by atoms with Gasteiger partial charge in [-0.3, -0.25) is 9.78 Å². The molecule has 5 rings (SSSR count). The molecule has 0 bridgehead atoms. The van der Waals surface area contributed by atoms with Crippen molar-refractivity contribution in [2.75, 3.05) is 11.9 Å². The molecule has 2 aromatic heterocycles. The van der Waals surface area contributed by atoms with E-state index in [-0.39, 0.29) is 17.9 Å². The largest absolute Gasteiger partial charge is 0.340 e. The third-order valence-electron chi connectivity index (χ3n) is 6.20. The van der Waals surface area contributed by atoms with Crippen molar-refractivity contribution in [3.63, 3.8) is 0 Å². The summed E-state index contributed by atoms with van der Waals surface area (Å²) in [5.41, 5.74) is 2.70. The summed E-state index contributed by atoms with van der Waals surface area (Å²) >= 11 is 0. The summed E-state index contributed by atoms with van der Waals surface area (Å²) in [4.78, 5) is 29.4. The highest BCUT2D eigenvalue weighted by Crippen LogP contribution is 2.35. The lowest BCUT2D eigenvalue weighted by molar-refractivity contribution is -0.136. The van der Waals surface area contributed by atoms with Crippen molar-refractivity contribution in [1.29, 1.82) is 0 Å². The van der Waals surface area contributed by atoms with Crippen LogP contribution in [0, 0.1) is 5.92 Å². The molecule has 1 aliphatic heterocycles. The van der Waals surface area contributed by atoms with Gasteiger partial charge in [0.15, 0.2) is 5.82 Å². The first kappa shape index (κ1) is 20.4. The number of amides is 1. The number of carbonyl (C=O) groups is 1. The highest BCUT2D eigenvalue weighted by Gasteiger charge is 2.35.